The molecule has 0 bridgehead atoms. The Hall–Kier alpha value is -1.96. The van der Waals surface area contributed by atoms with E-state index in [1.807, 2.05) is 61.6 Å². The molecule has 0 aliphatic heterocycles. The summed E-state index contributed by atoms with van der Waals surface area (Å²) in [7, 11) is 1.06. The van der Waals surface area contributed by atoms with Gasteiger partial charge in [0, 0.05) is 23.7 Å². The number of benzene rings is 2. The molecule has 0 aromatic heterocycles. The predicted octanol–water partition coefficient (Wildman–Crippen LogP) is 2.80. The number of nitrogens with zero attached hydrogens (tertiary/aromatic N) is 2. The molecule has 108 valence electrons. The average molecular weight is 298 g/mol. The van der Waals surface area contributed by atoms with E-state index in [1.54, 1.807) is 0 Å². The van der Waals surface area contributed by atoms with Crippen LogP contribution in [0.4, 0.5) is 0 Å². The number of nitriles is 1. The standard InChI is InChI=1S/C17H18N2OS/c1-19(14-16-9-7-15(13-18)8-10-16)11-12-21(20)17-5-3-2-4-6-17/h2-10H,11-12,14H2,1H3/t21-/m0/s1. The van der Waals surface area contributed by atoms with Crippen LogP contribution in [-0.4, -0.2) is 28.5 Å². The Bertz CT molecular complexity index is 632. The molecule has 0 N–H and O–H groups in total. The monoisotopic (exact) mass is 298 g/mol. The van der Waals surface area contributed by atoms with Crippen LogP contribution in [0.3, 0.4) is 0 Å². The maximum atomic E-state index is 12.1. The van der Waals surface area contributed by atoms with Gasteiger partial charge in [0.25, 0.3) is 0 Å². The second-order valence-electron chi connectivity index (χ2n) is 4.91. The first-order chi connectivity index (χ1) is 10.2. The quantitative estimate of drug-likeness (QED) is 0.823. The number of hydrogen-bond donors (Lipinski definition) is 0. The van der Waals surface area contributed by atoms with Gasteiger partial charge in [-0.05, 0) is 36.9 Å². The van der Waals surface area contributed by atoms with Crippen LogP contribution in [0, 0.1) is 11.3 Å². The molecule has 0 saturated heterocycles. The largest absolute Gasteiger partial charge is 0.301 e. The van der Waals surface area contributed by atoms with E-state index in [0.29, 0.717) is 11.3 Å². The zero-order chi connectivity index (χ0) is 15.1. The van der Waals surface area contributed by atoms with E-state index in [-0.39, 0.29) is 0 Å². The van der Waals surface area contributed by atoms with Crippen molar-refractivity contribution in [2.24, 2.45) is 0 Å². The normalized spacial score (nSPS) is 12.0. The third kappa shape index (κ3) is 4.82. The minimum atomic E-state index is -0.952. The highest BCUT2D eigenvalue weighted by Crippen LogP contribution is 2.08. The molecular formula is C17H18N2OS. The fourth-order valence-corrected chi connectivity index (χ4v) is 3.18. The first kappa shape index (κ1) is 15.4. The molecule has 1 atom stereocenters. The van der Waals surface area contributed by atoms with Crippen molar-refractivity contribution in [3.8, 4) is 6.07 Å². The van der Waals surface area contributed by atoms with E-state index in [2.05, 4.69) is 11.0 Å². The summed E-state index contributed by atoms with van der Waals surface area (Å²) in [6.45, 7) is 1.55. The lowest BCUT2D eigenvalue weighted by Crippen LogP contribution is -2.23. The van der Waals surface area contributed by atoms with Crippen molar-refractivity contribution in [3.63, 3.8) is 0 Å². The van der Waals surface area contributed by atoms with Gasteiger partial charge in [0.15, 0.2) is 0 Å². The SMILES string of the molecule is CN(CC[S@](=O)c1ccccc1)Cc1ccc(C#N)cc1. The third-order valence-electron chi connectivity index (χ3n) is 3.20. The van der Waals surface area contributed by atoms with E-state index in [4.69, 9.17) is 5.26 Å². The van der Waals surface area contributed by atoms with Gasteiger partial charge >= 0.3 is 0 Å². The Morgan fingerprint density at radius 2 is 1.76 bits per heavy atom. The van der Waals surface area contributed by atoms with Crippen molar-refractivity contribution in [1.82, 2.24) is 4.90 Å². The predicted molar refractivity (Wildman–Crippen MR) is 85.2 cm³/mol. The van der Waals surface area contributed by atoms with Gasteiger partial charge in [-0.3, -0.25) is 4.21 Å². The van der Waals surface area contributed by atoms with Crippen LogP contribution in [0.25, 0.3) is 0 Å². The van der Waals surface area contributed by atoms with E-state index in [1.165, 1.54) is 0 Å². The minimum Gasteiger partial charge on any atom is -0.301 e. The number of rotatable bonds is 6. The molecule has 0 amide bonds. The molecule has 0 saturated carbocycles. The van der Waals surface area contributed by atoms with Gasteiger partial charge in [-0.1, -0.05) is 30.3 Å². The molecule has 0 fully saturated rings. The van der Waals surface area contributed by atoms with Gasteiger partial charge in [0.2, 0.25) is 0 Å². The molecule has 2 aromatic carbocycles. The van der Waals surface area contributed by atoms with E-state index < -0.39 is 10.8 Å². The summed E-state index contributed by atoms with van der Waals surface area (Å²) < 4.78 is 12.1. The second kappa shape index (κ2) is 7.72. The van der Waals surface area contributed by atoms with Crippen LogP contribution in [-0.2, 0) is 17.3 Å². The van der Waals surface area contributed by atoms with Crippen LogP contribution >= 0.6 is 0 Å². The van der Waals surface area contributed by atoms with Crippen LogP contribution in [0.1, 0.15) is 11.1 Å². The molecule has 0 spiro atoms. The zero-order valence-corrected chi connectivity index (χ0v) is 12.8. The van der Waals surface area contributed by atoms with Crippen molar-refractivity contribution < 1.29 is 4.21 Å². The average Bonchev–Trinajstić information content (AvgIpc) is 2.54. The summed E-state index contributed by atoms with van der Waals surface area (Å²) in [5.74, 6) is 0.622. The lowest BCUT2D eigenvalue weighted by Gasteiger charge is -2.16. The van der Waals surface area contributed by atoms with E-state index in [9.17, 15) is 4.21 Å². The molecule has 0 aliphatic rings. The Labute approximate surface area is 128 Å². The second-order valence-corrected chi connectivity index (χ2v) is 6.48. The Balaban J connectivity index is 1.83. The molecular weight excluding hydrogens is 280 g/mol. The molecule has 4 heteroatoms. The van der Waals surface area contributed by atoms with Gasteiger partial charge in [0.05, 0.1) is 22.4 Å². The Kier molecular flexibility index (Phi) is 5.68. The highest BCUT2D eigenvalue weighted by Gasteiger charge is 2.06. The molecule has 3 nitrogen and oxygen atoms in total. The summed E-state index contributed by atoms with van der Waals surface area (Å²) in [6, 6.07) is 19.2. The Morgan fingerprint density at radius 3 is 2.38 bits per heavy atom. The summed E-state index contributed by atoms with van der Waals surface area (Å²) in [5.41, 5.74) is 1.83. The summed E-state index contributed by atoms with van der Waals surface area (Å²) in [6.07, 6.45) is 0. The van der Waals surface area contributed by atoms with Crippen molar-refractivity contribution >= 4 is 10.8 Å². The van der Waals surface area contributed by atoms with Gasteiger partial charge in [-0.15, -0.1) is 0 Å². The summed E-state index contributed by atoms with van der Waals surface area (Å²) in [4.78, 5) is 3.02. The lowest BCUT2D eigenvalue weighted by atomic mass is 10.1. The fraction of sp³-hybridized carbons (Fsp3) is 0.235. The van der Waals surface area contributed by atoms with Gasteiger partial charge in [0.1, 0.15) is 0 Å². The molecule has 2 aromatic rings. The molecule has 0 aliphatic carbocycles. The van der Waals surface area contributed by atoms with Crippen molar-refractivity contribution in [2.75, 3.05) is 19.3 Å². The van der Waals surface area contributed by atoms with Gasteiger partial charge in [-0.25, -0.2) is 0 Å². The molecule has 2 rings (SSSR count). The fourth-order valence-electron chi connectivity index (χ4n) is 2.00. The van der Waals surface area contributed by atoms with Crippen LogP contribution < -0.4 is 0 Å². The maximum absolute atomic E-state index is 12.1. The van der Waals surface area contributed by atoms with E-state index in [0.717, 1.165) is 23.5 Å². The third-order valence-corrected chi connectivity index (χ3v) is 4.55. The highest BCUT2D eigenvalue weighted by atomic mass is 32.2. The molecule has 0 radical (unpaired) electrons. The molecule has 0 heterocycles. The van der Waals surface area contributed by atoms with Gasteiger partial charge in [-0.2, -0.15) is 5.26 Å². The van der Waals surface area contributed by atoms with E-state index >= 15 is 0 Å². The van der Waals surface area contributed by atoms with Crippen LogP contribution in [0.15, 0.2) is 59.5 Å². The highest BCUT2D eigenvalue weighted by molar-refractivity contribution is 7.85. The summed E-state index contributed by atoms with van der Waals surface area (Å²) >= 11 is 0. The Morgan fingerprint density at radius 1 is 1.10 bits per heavy atom. The van der Waals surface area contributed by atoms with Crippen molar-refractivity contribution in [2.45, 2.75) is 11.4 Å². The number of hydrogen-bond acceptors (Lipinski definition) is 3. The minimum absolute atomic E-state index is 0.622. The topological polar surface area (TPSA) is 44.1 Å². The first-order valence-corrected chi connectivity index (χ1v) is 8.12. The van der Waals surface area contributed by atoms with Crippen LogP contribution in [0.2, 0.25) is 0 Å². The smallest absolute Gasteiger partial charge is 0.0991 e. The summed E-state index contributed by atoms with van der Waals surface area (Å²) in [5, 5.41) is 8.77. The van der Waals surface area contributed by atoms with Crippen molar-refractivity contribution in [1.29, 1.82) is 5.26 Å². The zero-order valence-electron chi connectivity index (χ0n) is 12.0. The lowest BCUT2D eigenvalue weighted by molar-refractivity contribution is 0.347. The maximum Gasteiger partial charge on any atom is 0.0991 e. The molecule has 0 unspecified atom stereocenters. The van der Waals surface area contributed by atoms with Crippen molar-refractivity contribution in [3.05, 3.63) is 65.7 Å². The molecule has 21 heavy (non-hydrogen) atoms. The first-order valence-electron chi connectivity index (χ1n) is 6.80. The van der Waals surface area contributed by atoms with Gasteiger partial charge < -0.3 is 4.90 Å². The van der Waals surface area contributed by atoms with Crippen LogP contribution in [0.5, 0.6) is 0 Å².